The zero-order chi connectivity index (χ0) is 15.6. The third kappa shape index (κ3) is 3.44. The van der Waals surface area contributed by atoms with E-state index in [1.165, 1.54) is 32.1 Å². The van der Waals surface area contributed by atoms with Crippen molar-refractivity contribution in [2.75, 3.05) is 0 Å². The molecule has 2 aliphatic rings. The molecule has 21 heavy (non-hydrogen) atoms. The second-order valence-electron chi connectivity index (χ2n) is 7.65. The summed E-state index contributed by atoms with van der Waals surface area (Å²) in [7, 11) is 0. The molecule has 5 unspecified atom stereocenters. The van der Waals surface area contributed by atoms with Crippen LogP contribution in [0.25, 0.3) is 0 Å². The molecule has 0 radical (unpaired) electrons. The average molecular weight is 294 g/mol. The lowest BCUT2D eigenvalue weighted by molar-refractivity contribution is -0.135. The molecule has 3 heteroatoms. The van der Waals surface area contributed by atoms with Gasteiger partial charge in [-0.15, -0.1) is 0 Å². The zero-order valence-corrected chi connectivity index (χ0v) is 14.6. The highest BCUT2D eigenvalue weighted by atomic mass is 16.2. The summed E-state index contributed by atoms with van der Waals surface area (Å²) in [4.78, 5) is 15.3. The van der Waals surface area contributed by atoms with E-state index in [-0.39, 0.29) is 12.2 Å². The van der Waals surface area contributed by atoms with Gasteiger partial charge in [-0.2, -0.15) is 0 Å². The van der Waals surface area contributed by atoms with Crippen LogP contribution in [0.1, 0.15) is 73.1 Å². The van der Waals surface area contributed by atoms with Gasteiger partial charge in [-0.25, -0.2) is 0 Å². The fourth-order valence-corrected chi connectivity index (χ4v) is 4.05. The SMILES string of the molecule is CCC(C)C1NC(C(C)C)N(C2CCCCCC2C)C1=O. The summed E-state index contributed by atoms with van der Waals surface area (Å²) in [5.41, 5.74) is 0. The van der Waals surface area contributed by atoms with Crippen LogP contribution < -0.4 is 5.32 Å². The second-order valence-corrected chi connectivity index (χ2v) is 7.65. The lowest BCUT2D eigenvalue weighted by Gasteiger charge is -2.37. The molecule has 1 aliphatic heterocycles. The standard InChI is InChI=1S/C18H34N2O/c1-6-13(4)16-18(21)20(17(19-16)12(2)3)15-11-9-7-8-10-14(15)5/h12-17,19H,6-11H2,1-5H3. The predicted octanol–water partition coefficient (Wildman–Crippen LogP) is 3.78. The number of carbonyl (C=O) groups excluding carboxylic acids is 1. The van der Waals surface area contributed by atoms with Gasteiger partial charge in [0.25, 0.3) is 0 Å². The Hall–Kier alpha value is -0.570. The van der Waals surface area contributed by atoms with Gasteiger partial charge in [0, 0.05) is 6.04 Å². The largest absolute Gasteiger partial charge is 0.322 e. The predicted molar refractivity (Wildman–Crippen MR) is 87.9 cm³/mol. The van der Waals surface area contributed by atoms with Gasteiger partial charge in [-0.05, 0) is 30.6 Å². The van der Waals surface area contributed by atoms with Crippen molar-refractivity contribution in [2.24, 2.45) is 17.8 Å². The minimum absolute atomic E-state index is 0.0258. The molecule has 0 aromatic rings. The van der Waals surface area contributed by atoms with Crippen LogP contribution in [0, 0.1) is 17.8 Å². The third-order valence-corrected chi connectivity index (χ3v) is 5.69. The molecule has 1 N–H and O–H groups in total. The number of amides is 1. The van der Waals surface area contributed by atoms with Gasteiger partial charge in [0.1, 0.15) is 0 Å². The lowest BCUT2D eigenvalue weighted by Crippen LogP contribution is -2.49. The van der Waals surface area contributed by atoms with Gasteiger partial charge in [0.05, 0.1) is 12.2 Å². The van der Waals surface area contributed by atoms with Crippen LogP contribution in [0.4, 0.5) is 0 Å². The zero-order valence-electron chi connectivity index (χ0n) is 14.6. The van der Waals surface area contributed by atoms with Gasteiger partial charge in [-0.3, -0.25) is 10.1 Å². The van der Waals surface area contributed by atoms with E-state index < -0.39 is 0 Å². The summed E-state index contributed by atoms with van der Waals surface area (Å²) in [6.45, 7) is 11.2. The van der Waals surface area contributed by atoms with E-state index in [2.05, 4.69) is 44.8 Å². The number of nitrogens with one attached hydrogen (secondary N) is 1. The minimum atomic E-state index is 0.0258. The number of hydrogen-bond acceptors (Lipinski definition) is 2. The van der Waals surface area contributed by atoms with Crippen molar-refractivity contribution < 1.29 is 4.79 Å². The Kier molecular flexibility index (Phi) is 5.70. The Bertz CT molecular complexity index is 355. The first-order valence-corrected chi connectivity index (χ1v) is 9.05. The van der Waals surface area contributed by atoms with Gasteiger partial charge < -0.3 is 4.90 Å². The Morgan fingerprint density at radius 3 is 2.48 bits per heavy atom. The Morgan fingerprint density at radius 1 is 1.19 bits per heavy atom. The van der Waals surface area contributed by atoms with Crippen LogP contribution in [0.5, 0.6) is 0 Å². The normalized spacial score (nSPS) is 36.1. The fourth-order valence-electron chi connectivity index (χ4n) is 4.05. The van der Waals surface area contributed by atoms with E-state index in [4.69, 9.17) is 0 Å². The van der Waals surface area contributed by atoms with Crippen LogP contribution in [-0.2, 0) is 4.79 Å². The molecule has 122 valence electrons. The maximum Gasteiger partial charge on any atom is 0.241 e. The monoisotopic (exact) mass is 294 g/mol. The summed E-state index contributed by atoms with van der Waals surface area (Å²) in [5.74, 6) is 1.89. The van der Waals surface area contributed by atoms with Crippen molar-refractivity contribution >= 4 is 5.91 Å². The molecule has 0 aromatic carbocycles. The summed E-state index contributed by atoms with van der Waals surface area (Å²) in [6, 6.07) is 0.465. The topological polar surface area (TPSA) is 32.3 Å². The molecule has 0 bridgehead atoms. The summed E-state index contributed by atoms with van der Waals surface area (Å²) >= 11 is 0. The van der Waals surface area contributed by atoms with Gasteiger partial charge in [0.2, 0.25) is 5.91 Å². The van der Waals surface area contributed by atoms with E-state index in [9.17, 15) is 4.79 Å². The van der Waals surface area contributed by atoms with E-state index in [0.29, 0.717) is 29.7 Å². The Morgan fingerprint density at radius 2 is 1.86 bits per heavy atom. The second kappa shape index (κ2) is 7.13. The van der Waals surface area contributed by atoms with E-state index in [1.54, 1.807) is 0 Å². The smallest absolute Gasteiger partial charge is 0.241 e. The van der Waals surface area contributed by atoms with Crippen molar-refractivity contribution in [3.8, 4) is 0 Å². The highest BCUT2D eigenvalue weighted by molar-refractivity contribution is 5.85. The minimum Gasteiger partial charge on any atom is -0.322 e. The molecule has 0 spiro atoms. The van der Waals surface area contributed by atoms with Crippen molar-refractivity contribution in [1.82, 2.24) is 10.2 Å². The number of rotatable bonds is 4. The Labute approximate surface area is 130 Å². The molecule has 1 saturated carbocycles. The molecule has 1 saturated heterocycles. The molecule has 1 aliphatic carbocycles. The van der Waals surface area contributed by atoms with E-state index in [0.717, 1.165) is 6.42 Å². The van der Waals surface area contributed by atoms with Crippen molar-refractivity contribution in [3.05, 3.63) is 0 Å². The lowest BCUT2D eigenvalue weighted by atomic mass is 9.93. The Balaban J connectivity index is 2.22. The third-order valence-electron chi connectivity index (χ3n) is 5.69. The molecule has 1 amide bonds. The maximum atomic E-state index is 13.0. The molecule has 3 nitrogen and oxygen atoms in total. The summed E-state index contributed by atoms with van der Waals surface area (Å²) < 4.78 is 0. The molecule has 5 atom stereocenters. The first-order valence-electron chi connectivity index (χ1n) is 9.05. The quantitative estimate of drug-likeness (QED) is 0.800. The average Bonchev–Trinajstić information content (AvgIpc) is 2.65. The van der Waals surface area contributed by atoms with Gasteiger partial charge in [-0.1, -0.05) is 60.3 Å². The molecule has 2 fully saturated rings. The molecular weight excluding hydrogens is 260 g/mol. The number of hydrogen-bond donors (Lipinski definition) is 1. The van der Waals surface area contributed by atoms with Crippen molar-refractivity contribution in [3.63, 3.8) is 0 Å². The van der Waals surface area contributed by atoms with E-state index in [1.807, 2.05) is 0 Å². The molecule has 1 heterocycles. The van der Waals surface area contributed by atoms with Gasteiger partial charge >= 0.3 is 0 Å². The van der Waals surface area contributed by atoms with Crippen LogP contribution in [0.2, 0.25) is 0 Å². The first kappa shape index (κ1) is 16.8. The van der Waals surface area contributed by atoms with Crippen LogP contribution in [-0.4, -0.2) is 29.1 Å². The highest BCUT2D eigenvalue weighted by Gasteiger charge is 2.46. The summed E-state index contributed by atoms with van der Waals surface area (Å²) in [6.07, 6.45) is 7.67. The van der Waals surface area contributed by atoms with Gasteiger partial charge in [0.15, 0.2) is 0 Å². The molecular formula is C18H34N2O. The van der Waals surface area contributed by atoms with Crippen LogP contribution in [0.3, 0.4) is 0 Å². The van der Waals surface area contributed by atoms with E-state index >= 15 is 0 Å². The van der Waals surface area contributed by atoms with Crippen LogP contribution >= 0.6 is 0 Å². The van der Waals surface area contributed by atoms with Crippen molar-refractivity contribution in [1.29, 1.82) is 0 Å². The fraction of sp³-hybridized carbons (Fsp3) is 0.944. The highest BCUT2D eigenvalue weighted by Crippen LogP contribution is 2.33. The first-order chi connectivity index (χ1) is 9.97. The molecule has 2 rings (SSSR count). The molecule has 0 aromatic heterocycles. The number of carbonyl (C=O) groups is 1. The summed E-state index contributed by atoms with van der Waals surface area (Å²) in [5, 5.41) is 3.66. The van der Waals surface area contributed by atoms with Crippen LogP contribution in [0.15, 0.2) is 0 Å². The maximum absolute atomic E-state index is 13.0. The number of nitrogens with zero attached hydrogens (tertiary/aromatic N) is 1. The van der Waals surface area contributed by atoms with Crippen molar-refractivity contribution in [2.45, 2.75) is 91.4 Å².